The van der Waals surface area contributed by atoms with Gasteiger partial charge in [-0.05, 0) is 26.0 Å². The number of carbonyl (C=O) groups is 1. The van der Waals surface area contributed by atoms with Crippen LogP contribution < -0.4 is 4.74 Å². The summed E-state index contributed by atoms with van der Waals surface area (Å²) >= 11 is 0. The number of amides is 1. The van der Waals surface area contributed by atoms with E-state index in [2.05, 4.69) is 0 Å². The first-order valence-corrected chi connectivity index (χ1v) is 6.10. The van der Waals surface area contributed by atoms with Crippen molar-refractivity contribution in [2.24, 2.45) is 0 Å². The zero-order chi connectivity index (χ0) is 14.0. The molecule has 0 saturated carbocycles. The van der Waals surface area contributed by atoms with Crippen LogP contribution in [0, 0.1) is 5.82 Å². The average Bonchev–Trinajstić information content (AvgIpc) is 2.67. The fourth-order valence-corrected chi connectivity index (χ4v) is 2.10. The molecule has 0 bridgehead atoms. The molecule has 1 aliphatic heterocycles. The standard InChI is InChI=1S/C13H16FNO4/c1-4-18-9-7-6-8-10(11(9)14)13(19-5-2)15(17-3)12(8)16/h6-7,13H,4-5H2,1-3H3. The van der Waals surface area contributed by atoms with Gasteiger partial charge in [0.25, 0.3) is 5.91 Å². The van der Waals surface area contributed by atoms with Gasteiger partial charge in [-0.3, -0.25) is 9.63 Å². The van der Waals surface area contributed by atoms with Crippen molar-refractivity contribution in [2.75, 3.05) is 20.3 Å². The summed E-state index contributed by atoms with van der Waals surface area (Å²) in [6.07, 6.45) is -0.877. The predicted octanol–water partition coefficient (Wildman–Crippen LogP) is 2.28. The molecular formula is C13H16FNO4. The van der Waals surface area contributed by atoms with Crippen LogP contribution in [0.2, 0.25) is 0 Å². The van der Waals surface area contributed by atoms with Gasteiger partial charge in [-0.25, -0.2) is 4.39 Å². The van der Waals surface area contributed by atoms with Crippen molar-refractivity contribution >= 4 is 5.91 Å². The Hall–Kier alpha value is -1.66. The Morgan fingerprint density at radius 1 is 1.32 bits per heavy atom. The molecule has 1 aromatic carbocycles. The molecule has 104 valence electrons. The molecule has 0 spiro atoms. The van der Waals surface area contributed by atoms with E-state index in [1.807, 2.05) is 0 Å². The molecular weight excluding hydrogens is 253 g/mol. The molecule has 1 atom stereocenters. The van der Waals surface area contributed by atoms with E-state index in [1.165, 1.54) is 19.2 Å². The molecule has 0 aliphatic carbocycles. The van der Waals surface area contributed by atoms with Gasteiger partial charge in [0.15, 0.2) is 17.8 Å². The quantitative estimate of drug-likeness (QED) is 0.822. The van der Waals surface area contributed by atoms with E-state index < -0.39 is 18.0 Å². The normalized spacial score (nSPS) is 17.8. The maximum atomic E-state index is 14.4. The van der Waals surface area contributed by atoms with Crippen molar-refractivity contribution in [1.82, 2.24) is 5.06 Å². The summed E-state index contributed by atoms with van der Waals surface area (Å²) in [7, 11) is 1.34. The Balaban J connectivity index is 2.51. The molecule has 0 fully saturated rings. The van der Waals surface area contributed by atoms with Crippen LogP contribution in [0.3, 0.4) is 0 Å². The molecule has 1 amide bonds. The van der Waals surface area contributed by atoms with Crippen LogP contribution in [0.4, 0.5) is 4.39 Å². The summed E-state index contributed by atoms with van der Waals surface area (Å²) in [6.45, 7) is 4.20. The summed E-state index contributed by atoms with van der Waals surface area (Å²) in [4.78, 5) is 17.0. The molecule has 6 heteroatoms. The summed E-state index contributed by atoms with van der Waals surface area (Å²) < 4.78 is 25.0. The molecule has 0 N–H and O–H groups in total. The van der Waals surface area contributed by atoms with E-state index >= 15 is 0 Å². The van der Waals surface area contributed by atoms with E-state index in [0.29, 0.717) is 13.2 Å². The van der Waals surface area contributed by atoms with E-state index in [9.17, 15) is 9.18 Å². The van der Waals surface area contributed by atoms with Gasteiger partial charge in [0.2, 0.25) is 0 Å². The maximum Gasteiger partial charge on any atom is 0.280 e. The summed E-state index contributed by atoms with van der Waals surface area (Å²) in [5.41, 5.74) is 0.404. The second-order valence-electron chi connectivity index (χ2n) is 3.89. The number of hydrogen-bond donors (Lipinski definition) is 0. The molecule has 2 rings (SSSR count). The number of carbonyl (C=O) groups excluding carboxylic acids is 1. The Kier molecular flexibility index (Phi) is 4.01. The SMILES string of the molecule is CCOc1ccc2c(c1F)C(OCC)N(OC)C2=O. The minimum Gasteiger partial charge on any atom is -0.491 e. The summed E-state index contributed by atoms with van der Waals surface area (Å²) in [6, 6.07) is 2.97. The Labute approximate surface area is 110 Å². The third-order valence-corrected chi connectivity index (χ3v) is 2.86. The van der Waals surface area contributed by atoms with Gasteiger partial charge in [0.05, 0.1) is 24.8 Å². The number of hydrogen-bond acceptors (Lipinski definition) is 4. The highest BCUT2D eigenvalue weighted by Gasteiger charge is 2.41. The van der Waals surface area contributed by atoms with Crippen LogP contribution in [0.5, 0.6) is 5.75 Å². The lowest BCUT2D eigenvalue weighted by Gasteiger charge is -2.22. The molecule has 0 radical (unpaired) electrons. The van der Waals surface area contributed by atoms with Crippen molar-refractivity contribution in [1.29, 1.82) is 0 Å². The lowest BCUT2D eigenvalue weighted by molar-refractivity contribution is -0.198. The van der Waals surface area contributed by atoms with E-state index in [4.69, 9.17) is 14.3 Å². The lowest BCUT2D eigenvalue weighted by atomic mass is 10.1. The molecule has 1 aromatic rings. The summed E-state index contributed by atoms with van der Waals surface area (Å²) in [5.74, 6) is -0.889. The van der Waals surface area contributed by atoms with Crippen LogP contribution in [0.25, 0.3) is 0 Å². The highest BCUT2D eigenvalue weighted by molar-refractivity contribution is 5.98. The molecule has 0 aromatic heterocycles. The lowest BCUT2D eigenvalue weighted by Crippen LogP contribution is -2.28. The average molecular weight is 269 g/mol. The van der Waals surface area contributed by atoms with Crippen LogP contribution in [-0.2, 0) is 9.57 Å². The minimum absolute atomic E-state index is 0.108. The zero-order valence-electron chi connectivity index (χ0n) is 11.1. The van der Waals surface area contributed by atoms with Gasteiger partial charge < -0.3 is 9.47 Å². The third-order valence-electron chi connectivity index (χ3n) is 2.86. The first kappa shape index (κ1) is 13.8. The van der Waals surface area contributed by atoms with Crippen LogP contribution in [0.1, 0.15) is 36.0 Å². The van der Waals surface area contributed by atoms with E-state index in [0.717, 1.165) is 5.06 Å². The Morgan fingerprint density at radius 2 is 2.05 bits per heavy atom. The second-order valence-corrected chi connectivity index (χ2v) is 3.89. The number of nitrogens with zero attached hydrogens (tertiary/aromatic N) is 1. The summed E-state index contributed by atoms with van der Waals surface area (Å²) in [5, 5.41) is 1.02. The highest BCUT2D eigenvalue weighted by Crippen LogP contribution is 2.39. The van der Waals surface area contributed by atoms with Crippen molar-refractivity contribution in [2.45, 2.75) is 20.1 Å². The fourth-order valence-electron chi connectivity index (χ4n) is 2.10. The fraction of sp³-hybridized carbons (Fsp3) is 0.462. The van der Waals surface area contributed by atoms with Gasteiger partial charge in [-0.2, -0.15) is 5.06 Å². The van der Waals surface area contributed by atoms with Gasteiger partial charge >= 0.3 is 0 Å². The molecule has 1 unspecified atom stereocenters. The van der Waals surface area contributed by atoms with Crippen LogP contribution in [0.15, 0.2) is 12.1 Å². The monoisotopic (exact) mass is 269 g/mol. The second kappa shape index (κ2) is 5.54. The number of rotatable bonds is 5. The zero-order valence-corrected chi connectivity index (χ0v) is 11.1. The molecule has 0 saturated heterocycles. The van der Waals surface area contributed by atoms with Crippen molar-refractivity contribution in [3.8, 4) is 5.75 Å². The molecule has 1 aliphatic rings. The number of hydroxylamine groups is 2. The third kappa shape index (κ3) is 2.17. The first-order valence-electron chi connectivity index (χ1n) is 6.10. The largest absolute Gasteiger partial charge is 0.491 e. The minimum atomic E-state index is -0.877. The van der Waals surface area contributed by atoms with Gasteiger partial charge in [-0.15, -0.1) is 0 Å². The van der Waals surface area contributed by atoms with Crippen molar-refractivity contribution in [3.05, 3.63) is 29.1 Å². The molecule has 19 heavy (non-hydrogen) atoms. The first-order chi connectivity index (χ1) is 9.15. The van der Waals surface area contributed by atoms with E-state index in [-0.39, 0.29) is 16.9 Å². The highest BCUT2D eigenvalue weighted by atomic mass is 19.1. The topological polar surface area (TPSA) is 48.0 Å². The number of benzene rings is 1. The van der Waals surface area contributed by atoms with Gasteiger partial charge in [-0.1, -0.05) is 0 Å². The van der Waals surface area contributed by atoms with Crippen LogP contribution in [-0.4, -0.2) is 31.3 Å². The van der Waals surface area contributed by atoms with Crippen molar-refractivity contribution in [3.63, 3.8) is 0 Å². The smallest absolute Gasteiger partial charge is 0.280 e. The number of ether oxygens (including phenoxy) is 2. The van der Waals surface area contributed by atoms with Gasteiger partial charge in [0.1, 0.15) is 0 Å². The Bertz CT molecular complexity index is 492. The van der Waals surface area contributed by atoms with E-state index in [1.54, 1.807) is 13.8 Å². The predicted molar refractivity (Wildman–Crippen MR) is 65.1 cm³/mol. The molecule has 5 nitrogen and oxygen atoms in total. The van der Waals surface area contributed by atoms with Crippen LogP contribution >= 0.6 is 0 Å². The molecule has 1 heterocycles. The maximum absolute atomic E-state index is 14.4. The van der Waals surface area contributed by atoms with Gasteiger partial charge in [0, 0.05) is 6.61 Å². The Morgan fingerprint density at radius 3 is 2.63 bits per heavy atom. The number of halogens is 1. The van der Waals surface area contributed by atoms with Crippen molar-refractivity contribution < 1.29 is 23.5 Å². The number of fused-ring (bicyclic) bond motifs is 1.